The van der Waals surface area contributed by atoms with Crippen molar-refractivity contribution < 1.29 is 14.3 Å². The molecule has 2 aromatic rings. The fourth-order valence-corrected chi connectivity index (χ4v) is 2.91. The molecule has 5 heteroatoms. The van der Waals surface area contributed by atoms with Gasteiger partial charge in [-0.1, -0.05) is 42.5 Å². The number of hydrogen-bond donors (Lipinski definition) is 2. The fraction of sp³-hybridized carbons (Fsp3) is 0.333. The van der Waals surface area contributed by atoms with Crippen LogP contribution in [0.25, 0.3) is 0 Å². The van der Waals surface area contributed by atoms with Crippen LogP contribution < -0.4 is 15.4 Å². The third-order valence-electron chi connectivity index (χ3n) is 4.60. The van der Waals surface area contributed by atoms with Crippen molar-refractivity contribution in [3.05, 3.63) is 60.2 Å². The van der Waals surface area contributed by atoms with E-state index in [4.69, 9.17) is 4.74 Å². The standard InChI is InChI=1S/C21H24N2O3/c1-2-26-18-11-7-6-10-17(18)23-20(25)21(13-14-21)19(24)22-15-12-16-8-4-3-5-9-16/h3-11H,2,12-15H2,1H3,(H,22,24)(H,23,25). The Morgan fingerprint density at radius 1 is 1.00 bits per heavy atom. The molecule has 0 spiro atoms. The minimum absolute atomic E-state index is 0.195. The van der Waals surface area contributed by atoms with Crippen LogP contribution in [0.5, 0.6) is 5.75 Å². The topological polar surface area (TPSA) is 67.4 Å². The van der Waals surface area contributed by atoms with Gasteiger partial charge in [0.2, 0.25) is 11.8 Å². The molecule has 2 N–H and O–H groups in total. The fourth-order valence-electron chi connectivity index (χ4n) is 2.91. The second-order valence-corrected chi connectivity index (χ2v) is 6.46. The van der Waals surface area contributed by atoms with Gasteiger partial charge in [-0.2, -0.15) is 0 Å². The normalized spacial score (nSPS) is 14.3. The zero-order chi connectivity index (χ0) is 18.4. The highest BCUT2D eigenvalue weighted by Crippen LogP contribution is 2.47. The molecule has 0 bridgehead atoms. The Morgan fingerprint density at radius 2 is 1.69 bits per heavy atom. The second kappa shape index (κ2) is 8.04. The summed E-state index contributed by atoms with van der Waals surface area (Å²) in [4.78, 5) is 25.3. The van der Waals surface area contributed by atoms with E-state index in [1.165, 1.54) is 0 Å². The summed E-state index contributed by atoms with van der Waals surface area (Å²) in [5.41, 5.74) is 0.811. The van der Waals surface area contributed by atoms with Crippen LogP contribution in [0.4, 0.5) is 5.69 Å². The summed E-state index contributed by atoms with van der Waals surface area (Å²) < 4.78 is 5.53. The molecule has 0 saturated heterocycles. The number of carbonyl (C=O) groups excluding carboxylic acids is 2. The third kappa shape index (κ3) is 4.04. The number of anilines is 1. The number of carbonyl (C=O) groups is 2. The van der Waals surface area contributed by atoms with Crippen molar-refractivity contribution in [2.24, 2.45) is 5.41 Å². The van der Waals surface area contributed by atoms with Gasteiger partial charge in [-0.05, 0) is 43.9 Å². The van der Waals surface area contributed by atoms with E-state index in [1.54, 1.807) is 12.1 Å². The smallest absolute Gasteiger partial charge is 0.240 e. The molecule has 1 aliphatic rings. The van der Waals surface area contributed by atoms with E-state index in [1.807, 2.05) is 49.4 Å². The average molecular weight is 352 g/mol. The van der Waals surface area contributed by atoms with Crippen molar-refractivity contribution >= 4 is 17.5 Å². The summed E-state index contributed by atoms with van der Waals surface area (Å²) in [6.07, 6.45) is 1.90. The summed E-state index contributed by atoms with van der Waals surface area (Å²) >= 11 is 0. The third-order valence-corrected chi connectivity index (χ3v) is 4.60. The highest BCUT2D eigenvalue weighted by atomic mass is 16.5. The van der Waals surface area contributed by atoms with E-state index < -0.39 is 5.41 Å². The van der Waals surface area contributed by atoms with Crippen LogP contribution in [0.3, 0.4) is 0 Å². The molecule has 0 heterocycles. The van der Waals surface area contributed by atoms with E-state index in [-0.39, 0.29) is 11.8 Å². The van der Waals surface area contributed by atoms with Crippen molar-refractivity contribution in [2.75, 3.05) is 18.5 Å². The van der Waals surface area contributed by atoms with Gasteiger partial charge in [0.05, 0.1) is 12.3 Å². The van der Waals surface area contributed by atoms with E-state index >= 15 is 0 Å². The van der Waals surface area contributed by atoms with Gasteiger partial charge in [-0.25, -0.2) is 0 Å². The first-order chi connectivity index (χ1) is 12.7. The van der Waals surface area contributed by atoms with E-state index in [2.05, 4.69) is 10.6 Å². The highest BCUT2D eigenvalue weighted by Gasteiger charge is 2.56. The molecular formula is C21H24N2O3. The molecule has 0 unspecified atom stereocenters. The van der Waals surface area contributed by atoms with Crippen LogP contribution >= 0.6 is 0 Å². The molecule has 26 heavy (non-hydrogen) atoms. The van der Waals surface area contributed by atoms with Crippen molar-refractivity contribution in [1.82, 2.24) is 5.32 Å². The maximum absolute atomic E-state index is 12.7. The van der Waals surface area contributed by atoms with Gasteiger partial charge in [0.25, 0.3) is 0 Å². The van der Waals surface area contributed by atoms with Crippen molar-refractivity contribution in [1.29, 1.82) is 0 Å². The quantitative estimate of drug-likeness (QED) is 0.717. The van der Waals surface area contributed by atoms with E-state index in [9.17, 15) is 9.59 Å². The SMILES string of the molecule is CCOc1ccccc1NC(=O)C1(C(=O)NCCc2ccccc2)CC1. The number of amides is 2. The maximum Gasteiger partial charge on any atom is 0.240 e. The predicted octanol–water partition coefficient (Wildman–Crippen LogP) is 3.16. The van der Waals surface area contributed by atoms with Crippen LogP contribution in [0, 0.1) is 5.41 Å². The van der Waals surface area contributed by atoms with Gasteiger partial charge in [0.15, 0.2) is 0 Å². The van der Waals surface area contributed by atoms with Crippen LogP contribution in [-0.2, 0) is 16.0 Å². The minimum Gasteiger partial charge on any atom is -0.492 e. The summed E-state index contributed by atoms with van der Waals surface area (Å²) in [6, 6.07) is 17.2. The lowest BCUT2D eigenvalue weighted by molar-refractivity contribution is -0.134. The zero-order valence-corrected chi connectivity index (χ0v) is 15.0. The lowest BCUT2D eigenvalue weighted by Gasteiger charge is -2.17. The monoisotopic (exact) mass is 352 g/mol. The molecule has 1 aliphatic carbocycles. The molecule has 2 amide bonds. The Morgan fingerprint density at radius 3 is 2.38 bits per heavy atom. The van der Waals surface area contributed by atoms with Gasteiger partial charge in [-0.15, -0.1) is 0 Å². The van der Waals surface area contributed by atoms with E-state index in [0.29, 0.717) is 37.4 Å². The Kier molecular flexibility index (Phi) is 5.56. The molecule has 0 radical (unpaired) electrons. The molecule has 3 rings (SSSR count). The number of nitrogens with one attached hydrogen (secondary N) is 2. The first-order valence-electron chi connectivity index (χ1n) is 9.01. The molecule has 5 nitrogen and oxygen atoms in total. The number of benzene rings is 2. The zero-order valence-electron chi connectivity index (χ0n) is 15.0. The molecule has 0 aliphatic heterocycles. The first kappa shape index (κ1) is 18.0. The van der Waals surface area contributed by atoms with Crippen LogP contribution in [0.15, 0.2) is 54.6 Å². The van der Waals surface area contributed by atoms with Gasteiger partial charge in [-0.3, -0.25) is 9.59 Å². The molecule has 0 atom stereocenters. The summed E-state index contributed by atoms with van der Waals surface area (Å²) in [5, 5.41) is 5.77. The molecule has 1 saturated carbocycles. The average Bonchev–Trinajstić information content (AvgIpc) is 3.46. The number of para-hydroxylation sites is 2. The molecule has 2 aromatic carbocycles. The Hall–Kier alpha value is -2.82. The Bertz CT molecular complexity index is 770. The lowest BCUT2D eigenvalue weighted by atomic mass is 10.0. The van der Waals surface area contributed by atoms with E-state index in [0.717, 1.165) is 12.0 Å². The van der Waals surface area contributed by atoms with Crippen molar-refractivity contribution in [2.45, 2.75) is 26.2 Å². The van der Waals surface area contributed by atoms with Crippen LogP contribution in [-0.4, -0.2) is 25.0 Å². The summed E-state index contributed by atoms with van der Waals surface area (Å²) in [7, 11) is 0. The van der Waals surface area contributed by atoms with Gasteiger partial charge in [0, 0.05) is 6.54 Å². The van der Waals surface area contributed by atoms with Crippen LogP contribution in [0.2, 0.25) is 0 Å². The lowest BCUT2D eigenvalue weighted by Crippen LogP contribution is -2.40. The van der Waals surface area contributed by atoms with Gasteiger partial charge >= 0.3 is 0 Å². The summed E-state index contributed by atoms with van der Waals surface area (Å²) in [6.45, 7) is 2.92. The second-order valence-electron chi connectivity index (χ2n) is 6.46. The number of ether oxygens (including phenoxy) is 1. The number of hydrogen-bond acceptors (Lipinski definition) is 3. The minimum atomic E-state index is -0.948. The van der Waals surface area contributed by atoms with Crippen molar-refractivity contribution in [3.8, 4) is 5.75 Å². The molecular weight excluding hydrogens is 328 g/mol. The molecule has 0 aromatic heterocycles. The largest absolute Gasteiger partial charge is 0.492 e. The molecule has 136 valence electrons. The molecule has 1 fully saturated rings. The highest BCUT2D eigenvalue weighted by molar-refractivity contribution is 6.13. The predicted molar refractivity (Wildman–Crippen MR) is 101 cm³/mol. The van der Waals surface area contributed by atoms with Crippen LogP contribution in [0.1, 0.15) is 25.3 Å². The maximum atomic E-state index is 12.7. The summed E-state index contributed by atoms with van der Waals surface area (Å²) in [5.74, 6) is 0.158. The van der Waals surface area contributed by atoms with Gasteiger partial charge < -0.3 is 15.4 Å². The Labute approximate surface area is 153 Å². The first-order valence-corrected chi connectivity index (χ1v) is 9.01. The van der Waals surface area contributed by atoms with Crippen molar-refractivity contribution in [3.63, 3.8) is 0 Å². The Balaban J connectivity index is 1.57. The number of rotatable bonds is 8. The van der Waals surface area contributed by atoms with Gasteiger partial charge in [0.1, 0.15) is 11.2 Å².